The first-order chi connectivity index (χ1) is 8.63. The first kappa shape index (κ1) is 12.8. The van der Waals surface area contributed by atoms with E-state index in [1.807, 2.05) is 30.3 Å². The van der Waals surface area contributed by atoms with Crippen LogP contribution >= 0.6 is 11.3 Å². The van der Waals surface area contributed by atoms with Gasteiger partial charge in [0, 0.05) is 4.88 Å². The zero-order valence-electron chi connectivity index (χ0n) is 9.74. The summed E-state index contributed by atoms with van der Waals surface area (Å²) in [5.41, 5.74) is -0.766. The fourth-order valence-corrected chi connectivity index (χ4v) is 2.66. The van der Waals surface area contributed by atoms with Crippen molar-refractivity contribution < 1.29 is 15.0 Å². The van der Waals surface area contributed by atoms with Crippen LogP contribution in [0.1, 0.15) is 16.9 Å². The van der Waals surface area contributed by atoms with E-state index in [0.29, 0.717) is 11.3 Å². The van der Waals surface area contributed by atoms with Crippen molar-refractivity contribution >= 4 is 17.3 Å². The number of carboxylic acid groups (broad SMARTS) is 1. The number of carbonyl (C=O) groups is 1. The standard InChI is InChI=1S/C14H14O3S/c15-13(16)14(17,12-7-4-10-18-12)9-8-11-5-2-1-3-6-11/h1-7,10,17H,8-9H2,(H,15,16). The van der Waals surface area contributed by atoms with Gasteiger partial charge in [0.25, 0.3) is 0 Å². The smallest absolute Gasteiger partial charge is 0.341 e. The third-order valence-corrected chi connectivity index (χ3v) is 3.92. The Hall–Kier alpha value is -1.65. The molecule has 0 amide bonds. The average Bonchev–Trinajstić information content (AvgIpc) is 2.91. The third kappa shape index (κ3) is 2.60. The molecule has 2 rings (SSSR count). The number of aliphatic carboxylic acids is 1. The van der Waals surface area contributed by atoms with Crippen molar-refractivity contribution in [2.45, 2.75) is 18.4 Å². The predicted molar refractivity (Wildman–Crippen MR) is 70.6 cm³/mol. The van der Waals surface area contributed by atoms with Gasteiger partial charge in [0.15, 0.2) is 5.60 Å². The number of carboxylic acids is 1. The Bertz CT molecular complexity index is 507. The van der Waals surface area contributed by atoms with E-state index in [2.05, 4.69) is 0 Å². The van der Waals surface area contributed by atoms with Crippen LogP contribution in [0.4, 0.5) is 0 Å². The second kappa shape index (κ2) is 5.33. The first-order valence-corrected chi connectivity index (χ1v) is 6.54. The van der Waals surface area contributed by atoms with E-state index < -0.39 is 11.6 Å². The molecule has 1 aromatic carbocycles. The van der Waals surface area contributed by atoms with Crippen LogP contribution < -0.4 is 0 Å². The molecule has 0 fully saturated rings. The van der Waals surface area contributed by atoms with Crippen molar-refractivity contribution in [1.29, 1.82) is 0 Å². The number of thiophene rings is 1. The highest BCUT2D eigenvalue weighted by atomic mass is 32.1. The Morgan fingerprint density at radius 3 is 2.44 bits per heavy atom. The van der Waals surface area contributed by atoms with Crippen molar-refractivity contribution in [2.75, 3.05) is 0 Å². The molecule has 18 heavy (non-hydrogen) atoms. The second-order valence-corrected chi connectivity index (χ2v) is 5.08. The normalized spacial score (nSPS) is 14.1. The van der Waals surface area contributed by atoms with Gasteiger partial charge < -0.3 is 10.2 Å². The summed E-state index contributed by atoms with van der Waals surface area (Å²) < 4.78 is 0. The summed E-state index contributed by atoms with van der Waals surface area (Å²) >= 11 is 1.26. The number of aryl methyl sites for hydroxylation is 1. The molecule has 0 aliphatic rings. The second-order valence-electron chi connectivity index (χ2n) is 4.13. The van der Waals surface area contributed by atoms with Crippen LogP contribution in [0, 0.1) is 0 Å². The molecule has 0 aliphatic heterocycles. The van der Waals surface area contributed by atoms with Gasteiger partial charge in [0.1, 0.15) is 0 Å². The Labute approximate surface area is 109 Å². The van der Waals surface area contributed by atoms with Gasteiger partial charge >= 0.3 is 5.97 Å². The van der Waals surface area contributed by atoms with E-state index in [4.69, 9.17) is 0 Å². The molecule has 0 bridgehead atoms. The first-order valence-electron chi connectivity index (χ1n) is 5.66. The Morgan fingerprint density at radius 2 is 1.89 bits per heavy atom. The molecule has 0 saturated carbocycles. The van der Waals surface area contributed by atoms with E-state index in [1.54, 1.807) is 17.5 Å². The molecular formula is C14H14O3S. The molecule has 1 unspecified atom stereocenters. The fraction of sp³-hybridized carbons (Fsp3) is 0.214. The van der Waals surface area contributed by atoms with E-state index in [-0.39, 0.29) is 6.42 Å². The maximum atomic E-state index is 11.3. The van der Waals surface area contributed by atoms with Gasteiger partial charge in [-0.25, -0.2) is 4.79 Å². The van der Waals surface area contributed by atoms with E-state index >= 15 is 0 Å². The number of hydrogen-bond acceptors (Lipinski definition) is 3. The molecule has 0 radical (unpaired) electrons. The van der Waals surface area contributed by atoms with Gasteiger partial charge in [0.2, 0.25) is 0 Å². The average molecular weight is 262 g/mol. The van der Waals surface area contributed by atoms with E-state index in [1.165, 1.54) is 11.3 Å². The largest absolute Gasteiger partial charge is 0.479 e. The summed E-state index contributed by atoms with van der Waals surface area (Å²) in [7, 11) is 0. The van der Waals surface area contributed by atoms with Crippen LogP contribution in [-0.4, -0.2) is 16.2 Å². The summed E-state index contributed by atoms with van der Waals surface area (Å²) in [5, 5.41) is 21.3. The van der Waals surface area contributed by atoms with Crippen LogP contribution in [0.2, 0.25) is 0 Å². The number of hydrogen-bond donors (Lipinski definition) is 2. The van der Waals surface area contributed by atoms with Crippen LogP contribution in [0.15, 0.2) is 47.8 Å². The molecule has 1 atom stereocenters. The summed E-state index contributed by atoms with van der Waals surface area (Å²) in [6.07, 6.45) is 0.703. The summed E-state index contributed by atoms with van der Waals surface area (Å²) in [5.74, 6) is -1.19. The minimum absolute atomic E-state index is 0.173. The van der Waals surface area contributed by atoms with E-state index in [0.717, 1.165) is 5.56 Å². The molecular weight excluding hydrogens is 248 g/mol. The molecule has 1 aromatic heterocycles. The lowest BCUT2D eigenvalue weighted by atomic mass is 9.93. The van der Waals surface area contributed by atoms with E-state index in [9.17, 15) is 15.0 Å². The van der Waals surface area contributed by atoms with Crippen LogP contribution in [0.3, 0.4) is 0 Å². The molecule has 94 valence electrons. The summed E-state index contributed by atoms with van der Waals surface area (Å²) in [6.45, 7) is 0. The monoisotopic (exact) mass is 262 g/mol. The van der Waals surface area contributed by atoms with Crippen molar-refractivity contribution in [3.63, 3.8) is 0 Å². The highest BCUT2D eigenvalue weighted by Gasteiger charge is 2.38. The van der Waals surface area contributed by atoms with Gasteiger partial charge in [-0.1, -0.05) is 36.4 Å². The number of aliphatic hydroxyl groups is 1. The van der Waals surface area contributed by atoms with Gasteiger partial charge in [0.05, 0.1) is 0 Å². The van der Waals surface area contributed by atoms with Crippen LogP contribution in [-0.2, 0) is 16.8 Å². The molecule has 0 spiro atoms. The number of rotatable bonds is 5. The van der Waals surface area contributed by atoms with Crippen molar-refractivity contribution in [1.82, 2.24) is 0 Å². The quantitative estimate of drug-likeness (QED) is 0.871. The highest BCUT2D eigenvalue weighted by molar-refractivity contribution is 7.10. The van der Waals surface area contributed by atoms with Gasteiger partial charge in [-0.15, -0.1) is 11.3 Å². The zero-order valence-corrected chi connectivity index (χ0v) is 10.6. The molecule has 3 nitrogen and oxygen atoms in total. The van der Waals surface area contributed by atoms with Crippen molar-refractivity contribution in [3.05, 3.63) is 58.3 Å². The fourth-order valence-electron chi connectivity index (χ4n) is 1.82. The van der Waals surface area contributed by atoms with Crippen LogP contribution in [0.25, 0.3) is 0 Å². The number of benzene rings is 1. The van der Waals surface area contributed by atoms with Crippen molar-refractivity contribution in [2.24, 2.45) is 0 Å². The zero-order chi connectivity index (χ0) is 13.0. The van der Waals surface area contributed by atoms with Gasteiger partial charge in [-0.3, -0.25) is 0 Å². The van der Waals surface area contributed by atoms with Crippen molar-refractivity contribution in [3.8, 4) is 0 Å². The minimum Gasteiger partial charge on any atom is -0.479 e. The van der Waals surface area contributed by atoms with Gasteiger partial charge in [-0.05, 0) is 29.9 Å². The molecule has 0 aliphatic carbocycles. The highest BCUT2D eigenvalue weighted by Crippen LogP contribution is 2.30. The lowest BCUT2D eigenvalue weighted by Crippen LogP contribution is -2.35. The third-order valence-electron chi connectivity index (χ3n) is 2.90. The van der Waals surface area contributed by atoms with Gasteiger partial charge in [-0.2, -0.15) is 0 Å². The SMILES string of the molecule is O=C(O)C(O)(CCc1ccccc1)c1cccs1. The Morgan fingerprint density at radius 1 is 1.17 bits per heavy atom. The molecule has 1 heterocycles. The van der Waals surface area contributed by atoms with Crippen LogP contribution in [0.5, 0.6) is 0 Å². The molecule has 4 heteroatoms. The maximum Gasteiger partial charge on any atom is 0.341 e. The minimum atomic E-state index is -1.79. The Kier molecular flexibility index (Phi) is 3.79. The lowest BCUT2D eigenvalue weighted by Gasteiger charge is -2.22. The summed E-state index contributed by atoms with van der Waals surface area (Å²) in [4.78, 5) is 11.8. The molecule has 2 N–H and O–H groups in total. The molecule has 2 aromatic rings. The maximum absolute atomic E-state index is 11.3. The lowest BCUT2D eigenvalue weighted by molar-refractivity contribution is -0.160. The summed E-state index contributed by atoms with van der Waals surface area (Å²) in [6, 6.07) is 13.0. The Balaban J connectivity index is 2.15. The predicted octanol–water partition coefficient (Wildman–Crippen LogP) is 2.65. The molecule has 0 saturated heterocycles. The topological polar surface area (TPSA) is 57.5 Å².